The number of aromatic nitrogens is 2. The zero-order valence-corrected chi connectivity index (χ0v) is 20.6. The van der Waals surface area contributed by atoms with E-state index in [1.807, 2.05) is 47.2 Å². The molecule has 4 aromatic rings. The van der Waals surface area contributed by atoms with Crippen molar-refractivity contribution >= 4 is 61.7 Å². The van der Waals surface area contributed by atoms with Gasteiger partial charge in [0.05, 0.1) is 36.3 Å². The Balaban J connectivity index is 1.75. The van der Waals surface area contributed by atoms with Crippen LogP contribution in [0.5, 0.6) is 11.5 Å². The number of amidine groups is 1. The number of carbonyl (C=O) groups excluding carboxylic acids is 2. The van der Waals surface area contributed by atoms with E-state index in [2.05, 4.69) is 10.3 Å². The Hall–Kier alpha value is -4.18. The number of benzene rings is 2. The summed E-state index contributed by atoms with van der Waals surface area (Å²) in [5.74, 6) is 0.784. The maximum atomic E-state index is 13.2. The van der Waals surface area contributed by atoms with Gasteiger partial charge in [0.2, 0.25) is 0 Å². The zero-order chi connectivity index (χ0) is 25.4. The van der Waals surface area contributed by atoms with Gasteiger partial charge in [-0.1, -0.05) is 30.0 Å². The molecule has 0 bridgehead atoms. The summed E-state index contributed by atoms with van der Waals surface area (Å²) >= 11 is 1.28. The number of hydrogen-bond acceptors (Lipinski definition) is 6. The maximum absolute atomic E-state index is 13.2. The number of H-pyrrole nitrogens is 1. The number of fused-ring (bicyclic) bond motifs is 2. The minimum absolute atomic E-state index is 0.0779. The van der Waals surface area contributed by atoms with Gasteiger partial charge in [0.25, 0.3) is 11.8 Å². The van der Waals surface area contributed by atoms with Crippen molar-refractivity contribution in [1.82, 2.24) is 14.9 Å². The van der Waals surface area contributed by atoms with Crippen molar-refractivity contribution in [1.29, 1.82) is 5.41 Å². The van der Waals surface area contributed by atoms with Crippen molar-refractivity contribution in [2.75, 3.05) is 20.0 Å². The number of carbonyl (C=O) groups is 2. The van der Waals surface area contributed by atoms with Crippen LogP contribution in [0.4, 0.5) is 0 Å². The Morgan fingerprint density at radius 2 is 1.81 bits per heavy atom. The minimum Gasteiger partial charge on any atom is -0.493 e. The van der Waals surface area contributed by atoms with E-state index >= 15 is 0 Å². The first-order valence-electron chi connectivity index (χ1n) is 11.3. The molecule has 0 atom stereocenters. The highest BCUT2D eigenvalue weighted by Gasteiger charge is 2.36. The quantitative estimate of drug-likeness (QED) is 0.125. The molecule has 5 N–H and O–H groups in total. The number of aromatic amines is 1. The van der Waals surface area contributed by atoms with Crippen LogP contribution in [0.2, 0.25) is 0 Å². The summed E-state index contributed by atoms with van der Waals surface area (Å²) < 4.78 is 13.3. The lowest BCUT2D eigenvalue weighted by Crippen LogP contribution is -2.22. The van der Waals surface area contributed by atoms with Crippen LogP contribution < -0.4 is 20.5 Å². The fourth-order valence-corrected chi connectivity index (χ4v) is 5.24. The van der Waals surface area contributed by atoms with E-state index in [-0.39, 0.29) is 10.7 Å². The number of imide groups is 1. The van der Waals surface area contributed by atoms with Gasteiger partial charge in [-0.3, -0.25) is 20.3 Å². The Bertz CT molecular complexity index is 1570. The monoisotopic (exact) mass is 503 g/mol. The molecule has 0 aliphatic carbocycles. The number of aryl methyl sites for hydroxylation is 1. The largest absolute Gasteiger partial charge is 0.493 e. The third kappa shape index (κ3) is 3.89. The molecule has 0 saturated carbocycles. The molecule has 3 heterocycles. The number of amides is 2. The Labute approximate surface area is 211 Å². The van der Waals surface area contributed by atoms with E-state index in [0.717, 1.165) is 22.8 Å². The molecule has 2 aromatic carbocycles. The first-order valence-corrected chi connectivity index (χ1v) is 12.3. The van der Waals surface area contributed by atoms with Crippen LogP contribution in [0.25, 0.3) is 33.0 Å². The number of nitrogens with one attached hydrogen (secondary N) is 3. The van der Waals surface area contributed by atoms with Gasteiger partial charge >= 0.3 is 0 Å². The first-order chi connectivity index (χ1) is 17.4. The molecule has 2 aromatic heterocycles. The van der Waals surface area contributed by atoms with Crippen molar-refractivity contribution in [3.63, 3.8) is 0 Å². The van der Waals surface area contributed by atoms with Gasteiger partial charge in [-0.05, 0) is 24.6 Å². The highest BCUT2D eigenvalue weighted by molar-refractivity contribution is 8.13. The van der Waals surface area contributed by atoms with Gasteiger partial charge in [0.15, 0.2) is 16.7 Å². The minimum atomic E-state index is -0.462. The summed E-state index contributed by atoms with van der Waals surface area (Å²) in [5.41, 5.74) is 9.03. The van der Waals surface area contributed by atoms with Gasteiger partial charge in [0.1, 0.15) is 0 Å². The molecular weight excluding hydrogens is 478 g/mol. The predicted molar refractivity (Wildman–Crippen MR) is 142 cm³/mol. The number of hydrogen-bond donors (Lipinski definition) is 4. The van der Waals surface area contributed by atoms with E-state index in [9.17, 15) is 9.59 Å². The van der Waals surface area contributed by atoms with E-state index in [0.29, 0.717) is 45.9 Å². The van der Waals surface area contributed by atoms with Crippen LogP contribution in [-0.4, -0.2) is 46.5 Å². The van der Waals surface area contributed by atoms with Crippen LogP contribution >= 0.6 is 11.8 Å². The van der Waals surface area contributed by atoms with Gasteiger partial charge in [-0.15, -0.1) is 0 Å². The van der Waals surface area contributed by atoms with E-state index in [1.54, 1.807) is 20.4 Å². The Kier molecular flexibility index (Phi) is 6.19. The third-order valence-corrected chi connectivity index (χ3v) is 7.05. The third-order valence-electron chi connectivity index (χ3n) is 6.25. The average molecular weight is 504 g/mol. The van der Waals surface area contributed by atoms with E-state index in [1.165, 1.54) is 11.8 Å². The van der Waals surface area contributed by atoms with Gasteiger partial charge in [-0.2, -0.15) is 0 Å². The fourth-order valence-electron chi connectivity index (χ4n) is 4.75. The number of rotatable bonds is 8. The van der Waals surface area contributed by atoms with Gasteiger partial charge in [0, 0.05) is 46.7 Å². The van der Waals surface area contributed by atoms with Crippen molar-refractivity contribution in [3.8, 4) is 11.5 Å². The molecule has 10 heteroatoms. The molecule has 5 rings (SSSR count). The molecule has 184 valence electrons. The number of nitrogens with two attached hydrogens (primary N) is 1. The molecule has 0 saturated heterocycles. The normalized spacial score (nSPS) is 13.6. The highest BCUT2D eigenvalue weighted by atomic mass is 32.2. The molecular formula is C26H25N5O4S. The fraction of sp³-hybridized carbons (Fsp3) is 0.192. The molecule has 0 radical (unpaired) electrons. The second kappa shape index (κ2) is 9.46. The summed E-state index contributed by atoms with van der Waals surface area (Å²) in [5, 5.41) is 11.5. The molecule has 0 spiro atoms. The number of methoxy groups -OCH3 is 2. The summed E-state index contributed by atoms with van der Waals surface area (Å²) in [6, 6.07) is 11.4. The second-order valence-electron chi connectivity index (χ2n) is 8.28. The van der Waals surface area contributed by atoms with Crippen LogP contribution in [0.3, 0.4) is 0 Å². The Morgan fingerprint density at radius 1 is 1.06 bits per heavy atom. The standard InChI is InChI=1S/C26H25N5O4S/c1-34-19-9-8-18-20(23(19)35-2)16(13-31(18)10-5-11-36-26(27)28)22-21(24(32)30-25(22)33)15-12-29-17-7-4-3-6-14(15)17/h3-4,6-9,12-13,29H,5,10-11H2,1-2H3,(H3,27,28)(H,30,32,33). The SMILES string of the molecule is COc1ccc2c(c(C3=C(c4c[nH]c5ccccc45)C(=O)NC3=O)cn2CCCSC(=N)N)c1OC. The highest BCUT2D eigenvalue weighted by Crippen LogP contribution is 2.44. The summed E-state index contributed by atoms with van der Waals surface area (Å²) in [7, 11) is 3.11. The topological polar surface area (TPSA) is 135 Å². The predicted octanol–water partition coefficient (Wildman–Crippen LogP) is 3.72. The smallest absolute Gasteiger partial charge is 0.259 e. The number of ether oxygens (including phenoxy) is 2. The number of nitrogens with zero attached hydrogens (tertiary/aromatic N) is 1. The molecule has 0 unspecified atom stereocenters. The lowest BCUT2D eigenvalue weighted by Gasteiger charge is -2.11. The average Bonchev–Trinajstić information content (AvgIpc) is 3.53. The molecule has 1 aliphatic rings. The van der Waals surface area contributed by atoms with Gasteiger partial charge < -0.3 is 24.8 Å². The van der Waals surface area contributed by atoms with Crippen LogP contribution in [0, 0.1) is 5.41 Å². The lowest BCUT2D eigenvalue weighted by molar-refractivity contribution is -0.122. The number of para-hydroxylation sites is 1. The van der Waals surface area contributed by atoms with Crippen molar-refractivity contribution in [3.05, 3.63) is 59.9 Å². The summed E-state index contributed by atoms with van der Waals surface area (Å²) in [4.78, 5) is 29.5. The van der Waals surface area contributed by atoms with E-state index in [4.69, 9.17) is 20.6 Å². The Morgan fingerprint density at radius 3 is 2.53 bits per heavy atom. The molecule has 9 nitrogen and oxygen atoms in total. The summed E-state index contributed by atoms with van der Waals surface area (Å²) in [6.07, 6.45) is 4.39. The van der Waals surface area contributed by atoms with Crippen molar-refractivity contribution in [2.24, 2.45) is 5.73 Å². The van der Waals surface area contributed by atoms with Crippen molar-refractivity contribution in [2.45, 2.75) is 13.0 Å². The lowest BCUT2D eigenvalue weighted by atomic mass is 9.95. The van der Waals surface area contributed by atoms with Crippen LogP contribution in [0.1, 0.15) is 17.5 Å². The summed E-state index contributed by atoms with van der Waals surface area (Å²) in [6.45, 7) is 0.623. The molecule has 36 heavy (non-hydrogen) atoms. The van der Waals surface area contributed by atoms with Crippen LogP contribution in [0.15, 0.2) is 48.8 Å². The van der Waals surface area contributed by atoms with E-state index < -0.39 is 11.8 Å². The number of thioether (sulfide) groups is 1. The second-order valence-corrected chi connectivity index (χ2v) is 9.42. The maximum Gasteiger partial charge on any atom is 0.259 e. The molecule has 2 amide bonds. The first kappa shape index (κ1) is 23.6. The molecule has 1 aliphatic heterocycles. The zero-order valence-electron chi connectivity index (χ0n) is 19.8. The van der Waals surface area contributed by atoms with Crippen molar-refractivity contribution < 1.29 is 19.1 Å². The van der Waals surface area contributed by atoms with Gasteiger partial charge in [-0.25, -0.2) is 0 Å². The molecule has 0 fully saturated rings. The van der Waals surface area contributed by atoms with Crippen LogP contribution in [-0.2, 0) is 16.1 Å².